The Labute approximate surface area is 168 Å². The first-order chi connectivity index (χ1) is 13.7. The second kappa shape index (κ2) is 10.7. The molecule has 1 aromatic carbocycles. The summed E-state index contributed by atoms with van der Waals surface area (Å²) >= 11 is 0. The van der Waals surface area contributed by atoms with E-state index < -0.39 is 0 Å². The number of methoxy groups -OCH3 is 1. The molecule has 1 saturated heterocycles. The van der Waals surface area contributed by atoms with Gasteiger partial charge in [-0.1, -0.05) is 25.8 Å². The minimum Gasteiger partial charge on any atom is -0.486 e. The quantitative estimate of drug-likeness (QED) is 0.621. The number of fused-ring (bicyclic) bond motifs is 1. The average Bonchev–Trinajstić information content (AvgIpc) is 3.22. The zero-order valence-corrected chi connectivity index (χ0v) is 17.2. The second-order valence-corrected chi connectivity index (χ2v) is 7.70. The first kappa shape index (κ1) is 20.9. The summed E-state index contributed by atoms with van der Waals surface area (Å²) in [6.07, 6.45) is 5.91. The van der Waals surface area contributed by atoms with Gasteiger partial charge in [-0.2, -0.15) is 0 Å². The highest BCUT2D eigenvalue weighted by Crippen LogP contribution is 2.34. The number of unbranched alkanes of at least 4 members (excludes halogenated alkanes) is 2. The van der Waals surface area contributed by atoms with E-state index in [4.69, 9.17) is 14.2 Å². The normalized spacial score (nSPS) is 18.6. The maximum Gasteiger partial charge on any atom is 0.220 e. The van der Waals surface area contributed by atoms with E-state index in [1.807, 2.05) is 18.2 Å². The van der Waals surface area contributed by atoms with Gasteiger partial charge in [-0.25, -0.2) is 0 Å². The molecule has 28 heavy (non-hydrogen) atoms. The van der Waals surface area contributed by atoms with E-state index in [1.54, 1.807) is 7.11 Å². The molecule has 1 amide bonds. The standard InChI is InChI=1S/C22H34N2O4/c1-3-4-5-8-21(25)23-18(16-24-11-6-7-12-24)22(26-2)17-9-10-19-20(15-17)28-14-13-27-19/h9-10,15,18,22H,3-8,11-14,16H2,1-2H3,(H,23,25)/t18-,22-/m1/s1. The van der Waals surface area contributed by atoms with E-state index in [0.29, 0.717) is 19.6 Å². The molecule has 6 heteroatoms. The molecule has 2 atom stereocenters. The first-order valence-electron chi connectivity index (χ1n) is 10.6. The van der Waals surface area contributed by atoms with Crippen LogP contribution >= 0.6 is 0 Å². The Morgan fingerprint density at radius 3 is 2.64 bits per heavy atom. The van der Waals surface area contributed by atoms with E-state index in [9.17, 15) is 4.79 Å². The molecule has 0 aromatic heterocycles. The Morgan fingerprint density at radius 1 is 1.18 bits per heavy atom. The van der Waals surface area contributed by atoms with Crippen LogP contribution in [0.15, 0.2) is 18.2 Å². The first-order valence-corrected chi connectivity index (χ1v) is 10.6. The lowest BCUT2D eigenvalue weighted by molar-refractivity contribution is -0.123. The zero-order valence-electron chi connectivity index (χ0n) is 17.2. The summed E-state index contributed by atoms with van der Waals surface area (Å²) in [6, 6.07) is 5.84. The van der Waals surface area contributed by atoms with Crippen molar-refractivity contribution in [3.05, 3.63) is 23.8 Å². The van der Waals surface area contributed by atoms with Gasteiger partial charge in [-0.05, 0) is 50.0 Å². The Morgan fingerprint density at radius 2 is 1.93 bits per heavy atom. The van der Waals surface area contributed by atoms with E-state index >= 15 is 0 Å². The molecule has 156 valence electrons. The molecule has 0 bridgehead atoms. The molecule has 0 saturated carbocycles. The van der Waals surface area contributed by atoms with Crippen molar-refractivity contribution in [1.29, 1.82) is 0 Å². The third kappa shape index (κ3) is 5.61. The highest BCUT2D eigenvalue weighted by molar-refractivity contribution is 5.76. The van der Waals surface area contributed by atoms with Gasteiger partial charge in [-0.15, -0.1) is 0 Å². The highest BCUT2D eigenvalue weighted by atomic mass is 16.6. The zero-order chi connectivity index (χ0) is 19.8. The third-order valence-electron chi connectivity index (χ3n) is 5.52. The molecular weight excluding hydrogens is 356 g/mol. The van der Waals surface area contributed by atoms with Gasteiger partial charge in [0.2, 0.25) is 5.91 Å². The maximum atomic E-state index is 12.6. The monoisotopic (exact) mass is 390 g/mol. The molecular formula is C22H34N2O4. The number of carbonyl (C=O) groups is 1. The molecule has 0 radical (unpaired) electrons. The maximum absolute atomic E-state index is 12.6. The van der Waals surface area contributed by atoms with Gasteiger partial charge >= 0.3 is 0 Å². The number of amides is 1. The van der Waals surface area contributed by atoms with Crippen LogP contribution in [0.2, 0.25) is 0 Å². The Balaban J connectivity index is 1.74. The van der Waals surface area contributed by atoms with Crippen LogP contribution < -0.4 is 14.8 Å². The lowest BCUT2D eigenvalue weighted by atomic mass is 10.00. The number of hydrogen-bond donors (Lipinski definition) is 1. The predicted octanol–water partition coefficient (Wildman–Crippen LogP) is 3.31. The van der Waals surface area contributed by atoms with Crippen molar-refractivity contribution in [1.82, 2.24) is 10.2 Å². The van der Waals surface area contributed by atoms with E-state index in [0.717, 1.165) is 56.0 Å². The van der Waals surface area contributed by atoms with Gasteiger partial charge < -0.3 is 24.4 Å². The molecule has 0 unspecified atom stereocenters. The van der Waals surface area contributed by atoms with Crippen LogP contribution in [0.3, 0.4) is 0 Å². The molecule has 0 aliphatic carbocycles. The fourth-order valence-electron chi connectivity index (χ4n) is 4.04. The van der Waals surface area contributed by atoms with Gasteiger partial charge in [0.25, 0.3) is 0 Å². The van der Waals surface area contributed by atoms with Crippen LogP contribution in [0.5, 0.6) is 11.5 Å². The largest absolute Gasteiger partial charge is 0.486 e. The molecule has 0 spiro atoms. The van der Waals surface area contributed by atoms with Crippen molar-refractivity contribution in [3.8, 4) is 11.5 Å². The van der Waals surface area contributed by atoms with Gasteiger partial charge in [-0.3, -0.25) is 4.79 Å². The Bertz CT molecular complexity index is 631. The van der Waals surface area contributed by atoms with Gasteiger partial charge in [0.1, 0.15) is 19.3 Å². The smallest absolute Gasteiger partial charge is 0.220 e. The summed E-state index contributed by atoms with van der Waals surface area (Å²) in [5, 5.41) is 3.25. The van der Waals surface area contributed by atoms with Crippen molar-refractivity contribution in [2.75, 3.05) is 40.0 Å². The fraction of sp³-hybridized carbons (Fsp3) is 0.682. The van der Waals surface area contributed by atoms with Gasteiger partial charge in [0.15, 0.2) is 11.5 Å². The lowest BCUT2D eigenvalue weighted by Crippen LogP contribution is -2.47. The second-order valence-electron chi connectivity index (χ2n) is 7.70. The van der Waals surface area contributed by atoms with E-state index in [-0.39, 0.29) is 18.1 Å². The number of rotatable bonds is 10. The molecule has 1 fully saturated rings. The molecule has 6 nitrogen and oxygen atoms in total. The number of hydrogen-bond acceptors (Lipinski definition) is 5. The summed E-state index contributed by atoms with van der Waals surface area (Å²) in [7, 11) is 1.71. The molecule has 1 aromatic rings. The summed E-state index contributed by atoms with van der Waals surface area (Å²) in [4.78, 5) is 15.0. The molecule has 1 N–H and O–H groups in total. The molecule has 2 heterocycles. The van der Waals surface area contributed by atoms with Crippen LogP contribution in [-0.2, 0) is 9.53 Å². The topological polar surface area (TPSA) is 60.0 Å². The van der Waals surface area contributed by atoms with Gasteiger partial charge in [0, 0.05) is 20.1 Å². The Kier molecular flexibility index (Phi) is 7.98. The Hall–Kier alpha value is -1.79. The number of benzene rings is 1. The van der Waals surface area contributed by atoms with E-state index in [1.165, 1.54) is 12.8 Å². The minimum absolute atomic E-state index is 0.0974. The van der Waals surface area contributed by atoms with Crippen molar-refractivity contribution in [2.45, 2.75) is 57.6 Å². The summed E-state index contributed by atoms with van der Waals surface area (Å²) < 4.78 is 17.3. The highest BCUT2D eigenvalue weighted by Gasteiger charge is 2.29. The predicted molar refractivity (Wildman–Crippen MR) is 109 cm³/mol. The number of nitrogens with one attached hydrogen (secondary N) is 1. The van der Waals surface area contributed by atoms with Crippen molar-refractivity contribution in [3.63, 3.8) is 0 Å². The summed E-state index contributed by atoms with van der Waals surface area (Å²) in [6.45, 7) is 6.24. The lowest BCUT2D eigenvalue weighted by Gasteiger charge is -2.31. The number of nitrogens with zero attached hydrogens (tertiary/aromatic N) is 1. The number of likely N-dealkylation sites (tertiary alicyclic amines) is 1. The van der Waals surface area contributed by atoms with Crippen LogP contribution in [0.1, 0.15) is 57.1 Å². The van der Waals surface area contributed by atoms with Gasteiger partial charge in [0.05, 0.1) is 6.04 Å². The molecule has 3 rings (SSSR count). The minimum atomic E-state index is -0.230. The fourth-order valence-corrected chi connectivity index (χ4v) is 4.04. The van der Waals surface area contributed by atoms with Crippen molar-refractivity contribution < 1.29 is 19.0 Å². The van der Waals surface area contributed by atoms with Crippen molar-refractivity contribution >= 4 is 5.91 Å². The summed E-state index contributed by atoms with van der Waals surface area (Å²) in [5.41, 5.74) is 1.00. The van der Waals surface area contributed by atoms with Crippen molar-refractivity contribution in [2.24, 2.45) is 0 Å². The van der Waals surface area contributed by atoms with Crippen LogP contribution in [0.4, 0.5) is 0 Å². The van der Waals surface area contributed by atoms with Crippen LogP contribution in [0.25, 0.3) is 0 Å². The number of carbonyl (C=O) groups excluding carboxylic acids is 1. The molecule has 2 aliphatic heterocycles. The average molecular weight is 391 g/mol. The number of ether oxygens (including phenoxy) is 3. The van der Waals surface area contributed by atoms with E-state index in [2.05, 4.69) is 17.1 Å². The van der Waals surface area contributed by atoms with Crippen LogP contribution in [-0.4, -0.2) is 56.8 Å². The third-order valence-corrected chi connectivity index (χ3v) is 5.52. The van der Waals surface area contributed by atoms with Crippen LogP contribution in [0, 0.1) is 0 Å². The summed E-state index contributed by atoms with van der Waals surface area (Å²) in [5.74, 6) is 1.63. The SMILES string of the molecule is CCCCCC(=O)N[C@H](CN1CCCC1)[C@H](OC)c1ccc2c(c1)OCCO2. The molecule has 2 aliphatic rings.